The first-order valence-electron chi connectivity index (χ1n) is 10.1. The zero-order valence-corrected chi connectivity index (χ0v) is 19.3. The van der Waals surface area contributed by atoms with E-state index < -0.39 is 10.0 Å². The van der Waals surface area contributed by atoms with Crippen molar-refractivity contribution in [3.8, 4) is 0 Å². The molecule has 2 amide bonds. The van der Waals surface area contributed by atoms with E-state index >= 15 is 0 Å². The summed E-state index contributed by atoms with van der Waals surface area (Å²) in [5.74, 6) is 0.228. The van der Waals surface area contributed by atoms with Crippen LogP contribution >= 0.6 is 11.3 Å². The van der Waals surface area contributed by atoms with E-state index in [1.54, 1.807) is 30.5 Å². The number of aromatic nitrogens is 1. The fourth-order valence-corrected chi connectivity index (χ4v) is 5.02. The highest BCUT2D eigenvalue weighted by molar-refractivity contribution is 7.90. The van der Waals surface area contributed by atoms with Crippen LogP contribution in [-0.4, -0.2) is 37.6 Å². The lowest BCUT2D eigenvalue weighted by atomic mass is 10.2. The highest BCUT2D eigenvalue weighted by Gasteiger charge is 2.19. The number of aliphatic imine (C=N–C) groups is 1. The molecule has 0 saturated carbocycles. The smallest absolute Gasteiger partial charge is 0.262 e. The molecule has 172 valence electrons. The average Bonchev–Trinajstić information content (AvgIpc) is 3.51. The Labute approximate surface area is 194 Å². The highest BCUT2D eigenvalue weighted by Crippen LogP contribution is 2.20. The molecule has 33 heavy (non-hydrogen) atoms. The summed E-state index contributed by atoms with van der Waals surface area (Å²) in [6, 6.07) is 7.55. The van der Waals surface area contributed by atoms with E-state index in [4.69, 9.17) is 4.42 Å². The van der Waals surface area contributed by atoms with Crippen LogP contribution in [0.4, 0.5) is 10.8 Å². The van der Waals surface area contributed by atoms with Crippen LogP contribution < -0.4 is 15.4 Å². The quantitative estimate of drug-likeness (QED) is 0.468. The van der Waals surface area contributed by atoms with Crippen LogP contribution in [0.3, 0.4) is 0 Å². The van der Waals surface area contributed by atoms with Crippen molar-refractivity contribution in [2.45, 2.75) is 31.1 Å². The van der Waals surface area contributed by atoms with Gasteiger partial charge in [-0.25, -0.2) is 13.4 Å². The standard InChI is InChI=1S/C21H21N5O5S2/c1-13-17(7-9-31-13)20(28)25-21-24-15(12-32-21)11-19(27)23-14-4-2-5-16(10-14)33(29,30)26-18-6-3-8-22-18/h2,4-5,7,9-10,12H,3,6,8,11H2,1H3,(H,22,26)(H,23,27)(H,24,25,28). The average molecular weight is 488 g/mol. The number of hydrogen-bond donors (Lipinski definition) is 3. The van der Waals surface area contributed by atoms with Crippen molar-refractivity contribution >= 4 is 49.8 Å². The van der Waals surface area contributed by atoms with E-state index in [9.17, 15) is 18.0 Å². The maximum atomic E-state index is 12.6. The van der Waals surface area contributed by atoms with E-state index in [1.807, 2.05) is 0 Å². The molecule has 1 aliphatic heterocycles. The number of carbonyl (C=O) groups excluding carboxylic acids is 2. The van der Waals surface area contributed by atoms with Crippen LogP contribution in [0.1, 0.15) is 34.7 Å². The Morgan fingerprint density at radius 3 is 2.79 bits per heavy atom. The van der Waals surface area contributed by atoms with Gasteiger partial charge >= 0.3 is 0 Å². The van der Waals surface area contributed by atoms with Gasteiger partial charge in [0, 0.05) is 24.0 Å². The lowest BCUT2D eigenvalue weighted by molar-refractivity contribution is -0.115. The number of benzene rings is 1. The number of nitrogens with one attached hydrogen (secondary N) is 3. The second-order valence-electron chi connectivity index (χ2n) is 7.28. The van der Waals surface area contributed by atoms with Crippen LogP contribution in [0.15, 0.2) is 56.3 Å². The lowest BCUT2D eigenvalue weighted by Crippen LogP contribution is -2.29. The number of aryl methyl sites for hydroxylation is 1. The van der Waals surface area contributed by atoms with Crippen molar-refractivity contribution in [2.24, 2.45) is 4.99 Å². The molecule has 3 aromatic rings. The number of amides is 2. The Morgan fingerprint density at radius 2 is 2.06 bits per heavy atom. The van der Waals surface area contributed by atoms with Crippen molar-refractivity contribution in [3.05, 3.63) is 59.0 Å². The lowest BCUT2D eigenvalue weighted by Gasteiger charge is -2.10. The summed E-state index contributed by atoms with van der Waals surface area (Å²) in [5, 5.41) is 7.39. The molecule has 3 N–H and O–H groups in total. The number of rotatable bonds is 7. The number of hydrogen-bond acceptors (Lipinski definition) is 8. The predicted octanol–water partition coefficient (Wildman–Crippen LogP) is 2.95. The molecule has 2 aromatic heterocycles. The number of sulfonamides is 1. The molecule has 4 rings (SSSR count). The molecule has 0 spiro atoms. The van der Waals surface area contributed by atoms with E-state index in [0.29, 0.717) is 46.6 Å². The van der Waals surface area contributed by atoms with Crippen molar-refractivity contribution in [1.29, 1.82) is 0 Å². The molecule has 0 atom stereocenters. The normalized spacial score (nSPS) is 13.4. The van der Waals surface area contributed by atoms with Crippen LogP contribution in [0, 0.1) is 6.92 Å². The summed E-state index contributed by atoms with van der Waals surface area (Å²) >= 11 is 1.20. The third-order valence-electron chi connectivity index (χ3n) is 4.77. The monoisotopic (exact) mass is 487 g/mol. The zero-order chi connectivity index (χ0) is 23.4. The van der Waals surface area contributed by atoms with Crippen molar-refractivity contribution in [3.63, 3.8) is 0 Å². The number of thiazole rings is 1. The summed E-state index contributed by atoms with van der Waals surface area (Å²) in [4.78, 5) is 33.1. The molecule has 0 aliphatic carbocycles. The number of carbonyl (C=O) groups is 2. The van der Waals surface area contributed by atoms with Gasteiger partial charge in [0.25, 0.3) is 15.9 Å². The summed E-state index contributed by atoms with van der Waals surface area (Å²) in [5.41, 5.74) is 1.23. The Bertz CT molecular complexity index is 1330. The van der Waals surface area contributed by atoms with Gasteiger partial charge in [0.1, 0.15) is 11.6 Å². The van der Waals surface area contributed by atoms with Crippen molar-refractivity contribution in [2.75, 3.05) is 17.2 Å². The largest absolute Gasteiger partial charge is 0.469 e. The molecule has 10 nitrogen and oxygen atoms in total. The summed E-state index contributed by atoms with van der Waals surface area (Å²) in [6.07, 6.45) is 2.80. The second-order valence-corrected chi connectivity index (χ2v) is 9.82. The molecule has 1 aromatic carbocycles. The molecule has 0 fully saturated rings. The van der Waals surface area contributed by atoms with Gasteiger partial charge in [-0.15, -0.1) is 11.3 Å². The summed E-state index contributed by atoms with van der Waals surface area (Å²) in [6.45, 7) is 2.30. The molecule has 0 saturated heterocycles. The first-order chi connectivity index (χ1) is 15.8. The minimum atomic E-state index is -3.78. The summed E-state index contributed by atoms with van der Waals surface area (Å²) in [7, 11) is -3.78. The molecule has 12 heteroatoms. The minimum Gasteiger partial charge on any atom is -0.469 e. The Balaban J connectivity index is 1.36. The van der Waals surface area contributed by atoms with Crippen LogP contribution in [0.2, 0.25) is 0 Å². The van der Waals surface area contributed by atoms with Gasteiger partial charge in [-0.3, -0.25) is 24.6 Å². The van der Waals surface area contributed by atoms with Crippen molar-refractivity contribution in [1.82, 2.24) is 9.71 Å². The Kier molecular flexibility index (Phi) is 6.56. The third kappa shape index (κ3) is 5.65. The molecule has 0 radical (unpaired) electrons. The van der Waals surface area contributed by atoms with Crippen LogP contribution in [0.5, 0.6) is 0 Å². The van der Waals surface area contributed by atoms with Gasteiger partial charge in [0.05, 0.1) is 28.8 Å². The summed E-state index contributed by atoms with van der Waals surface area (Å²) < 4.78 is 32.7. The third-order valence-corrected chi connectivity index (χ3v) is 6.96. The minimum absolute atomic E-state index is 0.0306. The molecular weight excluding hydrogens is 466 g/mol. The fourth-order valence-electron chi connectivity index (χ4n) is 3.18. The molecule has 1 aliphatic rings. The molecule has 0 unspecified atom stereocenters. The number of amidine groups is 1. The first kappa shape index (κ1) is 22.7. The Hall–Kier alpha value is -3.51. The maximum absolute atomic E-state index is 12.6. The van der Waals surface area contributed by atoms with Gasteiger partial charge in [-0.05, 0) is 37.6 Å². The van der Waals surface area contributed by atoms with E-state index in [1.165, 1.54) is 29.7 Å². The molecule has 0 bridgehead atoms. The Morgan fingerprint density at radius 1 is 1.21 bits per heavy atom. The van der Waals surface area contributed by atoms with Gasteiger partial charge in [-0.1, -0.05) is 6.07 Å². The first-order valence-corrected chi connectivity index (χ1v) is 12.4. The van der Waals surface area contributed by atoms with Crippen LogP contribution in [0.25, 0.3) is 0 Å². The zero-order valence-electron chi connectivity index (χ0n) is 17.6. The van der Waals surface area contributed by atoms with Gasteiger partial charge in [-0.2, -0.15) is 0 Å². The van der Waals surface area contributed by atoms with E-state index in [2.05, 4.69) is 25.3 Å². The fraction of sp³-hybridized carbons (Fsp3) is 0.238. The van der Waals surface area contributed by atoms with Gasteiger partial charge in [0.15, 0.2) is 5.13 Å². The van der Waals surface area contributed by atoms with Gasteiger partial charge < -0.3 is 9.73 Å². The highest BCUT2D eigenvalue weighted by atomic mass is 32.2. The second kappa shape index (κ2) is 9.55. The maximum Gasteiger partial charge on any atom is 0.262 e. The molecule has 3 heterocycles. The van der Waals surface area contributed by atoms with Gasteiger partial charge in [0.2, 0.25) is 5.91 Å². The van der Waals surface area contributed by atoms with E-state index in [0.717, 1.165) is 6.42 Å². The predicted molar refractivity (Wildman–Crippen MR) is 124 cm³/mol. The van der Waals surface area contributed by atoms with E-state index in [-0.39, 0.29) is 23.1 Å². The number of furan rings is 1. The molecular formula is C21H21N5O5S2. The topological polar surface area (TPSA) is 143 Å². The number of nitrogens with zero attached hydrogens (tertiary/aromatic N) is 2. The van der Waals surface area contributed by atoms with Crippen molar-refractivity contribution < 1.29 is 22.4 Å². The number of anilines is 2. The van der Waals surface area contributed by atoms with Crippen LogP contribution in [-0.2, 0) is 21.2 Å². The SMILES string of the molecule is Cc1occc1C(=O)Nc1nc(CC(=O)Nc2cccc(S(=O)(=O)NC3=NCCC3)c2)cs1.